The minimum Gasteiger partial charge on any atom is -0.421 e. The predicted octanol–water partition coefficient (Wildman–Crippen LogP) is 5.65. The van der Waals surface area contributed by atoms with E-state index in [9.17, 15) is 9.59 Å². The van der Waals surface area contributed by atoms with Gasteiger partial charge in [-0.05, 0) is 66.8 Å². The monoisotopic (exact) mass is 442 g/mol. The van der Waals surface area contributed by atoms with E-state index < -0.39 is 18.2 Å². The van der Waals surface area contributed by atoms with Crippen LogP contribution >= 0.6 is 0 Å². The summed E-state index contributed by atoms with van der Waals surface area (Å²) in [6.07, 6.45) is 13.0. The molecule has 0 spiro atoms. The summed E-state index contributed by atoms with van der Waals surface area (Å²) in [4.78, 5) is 23.0. The Morgan fingerprint density at radius 3 is 2.69 bits per heavy atom. The second-order valence-electron chi connectivity index (χ2n) is 11.1. The molecule has 0 bridgehead atoms. The van der Waals surface area contributed by atoms with Crippen LogP contribution in [0.5, 0.6) is 0 Å². The van der Waals surface area contributed by atoms with Gasteiger partial charge >= 0.3 is 11.9 Å². The number of cyclic esters (lactones) is 1. The highest BCUT2D eigenvalue weighted by atomic mass is 16.7. The van der Waals surface area contributed by atoms with Crippen LogP contribution in [0.2, 0.25) is 0 Å². The summed E-state index contributed by atoms with van der Waals surface area (Å²) in [6, 6.07) is 0. The number of hydrogen-bond acceptors (Lipinski definition) is 5. The highest BCUT2D eigenvalue weighted by Gasteiger charge is 2.48. The summed E-state index contributed by atoms with van der Waals surface area (Å²) >= 11 is 0. The molecule has 0 N–H and O–H groups in total. The third-order valence-electron chi connectivity index (χ3n) is 8.56. The molecule has 32 heavy (non-hydrogen) atoms. The summed E-state index contributed by atoms with van der Waals surface area (Å²) < 4.78 is 16.3. The van der Waals surface area contributed by atoms with Gasteiger partial charge in [-0.15, -0.1) is 0 Å². The molecule has 4 aliphatic rings. The van der Waals surface area contributed by atoms with Crippen LogP contribution in [0.3, 0.4) is 0 Å². The summed E-state index contributed by atoms with van der Waals surface area (Å²) in [5.74, 6) is 0.406. The number of rotatable bonds is 5. The lowest BCUT2D eigenvalue weighted by Crippen LogP contribution is -2.43. The standard InChI is InChI=1S/C27H38O5/c1-17-8-10-21-22(7-6-13-26(21,3)4)27(17,5)14-12-19-9-11-23(30-16-19)20-15-24(29)32-25(20)31-18(2)28/h9-10,15,17,22-23,25H,6-8,11-14,16H2,1-5H3/t17-,22-,23+,25+,27-/m0/s1. The van der Waals surface area contributed by atoms with E-state index in [4.69, 9.17) is 14.2 Å². The molecule has 0 aromatic carbocycles. The minimum absolute atomic E-state index is 0.285. The molecule has 0 aromatic rings. The number of hydrogen-bond donors (Lipinski definition) is 0. The number of ether oxygens (including phenoxy) is 3. The van der Waals surface area contributed by atoms with E-state index in [1.165, 1.54) is 50.7 Å². The quantitative estimate of drug-likeness (QED) is 0.406. The Morgan fingerprint density at radius 1 is 1.22 bits per heavy atom. The largest absolute Gasteiger partial charge is 0.421 e. The molecule has 5 heteroatoms. The Hall–Kier alpha value is -1.88. The van der Waals surface area contributed by atoms with E-state index in [0.717, 1.165) is 6.42 Å². The molecule has 2 heterocycles. The van der Waals surface area contributed by atoms with Crippen LogP contribution in [0.4, 0.5) is 0 Å². The molecule has 0 amide bonds. The zero-order valence-corrected chi connectivity index (χ0v) is 20.2. The van der Waals surface area contributed by atoms with Crippen molar-refractivity contribution in [2.45, 2.75) is 92.0 Å². The maximum Gasteiger partial charge on any atom is 0.334 e. The molecule has 4 rings (SSSR count). The molecule has 1 fully saturated rings. The maximum absolute atomic E-state index is 11.7. The van der Waals surface area contributed by atoms with Crippen molar-refractivity contribution in [2.24, 2.45) is 22.7 Å². The molecule has 0 aromatic heterocycles. The van der Waals surface area contributed by atoms with Gasteiger partial charge in [0.2, 0.25) is 0 Å². The predicted molar refractivity (Wildman–Crippen MR) is 122 cm³/mol. The van der Waals surface area contributed by atoms with E-state index in [2.05, 4.69) is 39.8 Å². The number of carbonyl (C=O) groups is 2. The van der Waals surface area contributed by atoms with Crippen LogP contribution in [0, 0.1) is 22.7 Å². The first-order chi connectivity index (χ1) is 15.1. The number of allylic oxidation sites excluding steroid dienone is 2. The van der Waals surface area contributed by atoms with Gasteiger partial charge in [-0.2, -0.15) is 0 Å². The summed E-state index contributed by atoms with van der Waals surface area (Å²) in [5.41, 5.74) is 4.28. The molecule has 0 unspecified atom stereocenters. The summed E-state index contributed by atoms with van der Waals surface area (Å²) in [5, 5.41) is 0. The van der Waals surface area contributed by atoms with Gasteiger partial charge in [0.1, 0.15) is 0 Å². The van der Waals surface area contributed by atoms with Crippen molar-refractivity contribution in [2.75, 3.05) is 6.61 Å². The average molecular weight is 443 g/mol. The molecule has 5 nitrogen and oxygen atoms in total. The highest BCUT2D eigenvalue weighted by Crippen LogP contribution is 2.58. The first-order valence-electron chi connectivity index (χ1n) is 12.2. The molecule has 0 saturated heterocycles. The van der Waals surface area contributed by atoms with Gasteiger partial charge < -0.3 is 14.2 Å². The molecule has 5 atom stereocenters. The van der Waals surface area contributed by atoms with Gasteiger partial charge in [-0.1, -0.05) is 51.8 Å². The molecule has 0 radical (unpaired) electrons. The first-order valence-corrected chi connectivity index (χ1v) is 12.2. The Balaban J connectivity index is 1.40. The fourth-order valence-electron chi connectivity index (χ4n) is 6.30. The van der Waals surface area contributed by atoms with Crippen LogP contribution in [-0.2, 0) is 23.8 Å². The van der Waals surface area contributed by atoms with Gasteiger partial charge in [0.15, 0.2) is 0 Å². The second-order valence-corrected chi connectivity index (χ2v) is 11.1. The van der Waals surface area contributed by atoms with Gasteiger partial charge in [0.25, 0.3) is 6.29 Å². The SMILES string of the molecule is CC(=O)O[C@@H]1OC(=O)C=C1[C@H]1CC=C(CC[C@@]2(C)[C@@H](C)CC=C3[C@@H]2CCCC3(C)C)CO1. The van der Waals surface area contributed by atoms with Crippen LogP contribution in [-0.4, -0.2) is 30.9 Å². The van der Waals surface area contributed by atoms with Gasteiger partial charge in [-0.25, -0.2) is 4.79 Å². The first kappa shape index (κ1) is 23.3. The van der Waals surface area contributed by atoms with Crippen molar-refractivity contribution < 1.29 is 23.8 Å². The lowest BCUT2D eigenvalue weighted by Gasteiger charge is -2.53. The molecule has 1 saturated carbocycles. The average Bonchev–Trinajstić information content (AvgIpc) is 3.09. The van der Waals surface area contributed by atoms with E-state index in [0.29, 0.717) is 41.3 Å². The van der Waals surface area contributed by atoms with Crippen molar-refractivity contribution >= 4 is 11.9 Å². The van der Waals surface area contributed by atoms with E-state index >= 15 is 0 Å². The van der Waals surface area contributed by atoms with Crippen molar-refractivity contribution in [3.8, 4) is 0 Å². The van der Waals surface area contributed by atoms with Gasteiger partial charge in [0, 0.05) is 18.6 Å². The number of carbonyl (C=O) groups excluding carboxylic acids is 2. The fourth-order valence-corrected chi connectivity index (χ4v) is 6.30. The molecular weight excluding hydrogens is 404 g/mol. The summed E-state index contributed by atoms with van der Waals surface area (Å²) in [7, 11) is 0. The number of fused-ring (bicyclic) bond motifs is 1. The second kappa shape index (κ2) is 8.81. The minimum atomic E-state index is -0.957. The molecule has 2 aliphatic heterocycles. The van der Waals surface area contributed by atoms with E-state index in [1.54, 1.807) is 5.57 Å². The van der Waals surface area contributed by atoms with Crippen LogP contribution in [0.1, 0.15) is 79.6 Å². The molecule has 176 valence electrons. The normalized spacial score (nSPS) is 36.4. The maximum atomic E-state index is 11.7. The Morgan fingerprint density at radius 2 is 2.00 bits per heavy atom. The third-order valence-corrected chi connectivity index (χ3v) is 8.56. The molecule has 2 aliphatic carbocycles. The number of esters is 2. The highest BCUT2D eigenvalue weighted by molar-refractivity contribution is 5.86. The van der Waals surface area contributed by atoms with Crippen LogP contribution < -0.4 is 0 Å². The Labute approximate surface area is 192 Å². The lowest BCUT2D eigenvalue weighted by molar-refractivity contribution is -0.173. The zero-order chi connectivity index (χ0) is 23.1. The van der Waals surface area contributed by atoms with Crippen molar-refractivity contribution in [3.05, 3.63) is 34.9 Å². The smallest absolute Gasteiger partial charge is 0.334 e. The summed E-state index contributed by atoms with van der Waals surface area (Å²) in [6.45, 7) is 11.6. The zero-order valence-electron chi connectivity index (χ0n) is 20.2. The van der Waals surface area contributed by atoms with E-state index in [1.807, 2.05) is 0 Å². The van der Waals surface area contributed by atoms with Gasteiger partial charge in [0.05, 0.1) is 12.7 Å². The van der Waals surface area contributed by atoms with Crippen molar-refractivity contribution in [3.63, 3.8) is 0 Å². The fraction of sp³-hybridized carbons (Fsp3) is 0.704. The third kappa shape index (κ3) is 4.46. The van der Waals surface area contributed by atoms with Crippen molar-refractivity contribution in [1.29, 1.82) is 0 Å². The van der Waals surface area contributed by atoms with Crippen LogP contribution in [0.25, 0.3) is 0 Å². The van der Waals surface area contributed by atoms with Crippen LogP contribution in [0.15, 0.2) is 34.9 Å². The van der Waals surface area contributed by atoms with Crippen molar-refractivity contribution in [1.82, 2.24) is 0 Å². The van der Waals surface area contributed by atoms with Gasteiger partial charge in [-0.3, -0.25) is 4.79 Å². The van der Waals surface area contributed by atoms with E-state index in [-0.39, 0.29) is 6.10 Å². The Kier molecular flexibility index (Phi) is 6.41. The molecular formula is C27H38O5. The lowest BCUT2D eigenvalue weighted by atomic mass is 9.52. The Bertz CT molecular complexity index is 863. The topological polar surface area (TPSA) is 61.8 Å².